The maximum atomic E-state index is 11.7. The highest BCUT2D eigenvalue weighted by Gasteiger charge is 2.19. The monoisotopic (exact) mass is 342 g/mol. The predicted octanol–water partition coefficient (Wildman–Crippen LogP) is 2.65. The van der Waals surface area contributed by atoms with Crippen LogP contribution in [-0.4, -0.2) is 74.9 Å². The number of ether oxygens (including phenoxy) is 2. The number of carbonyl (C=O) groups is 1. The SMILES string of the molecule is CC(C)CCOCCN1CCN(CCOC(=O)CC(C)(C)C)CC1. The van der Waals surface area contributed by atoms with E-state index in [1.807, 2.05) is 0 Å². The standard InChI is InChI=1S/C19H38N2O3/c1-17(2)6-13-23-14-11-20-7-9-21(10-8-20)12-15-24-18(22)16-19(3,4)5/h17H,6-16H2,1-5H3. The molecule has 0 aromatic carbocycles. The average Bonchev–Trinajstić information content (AvgIpc) is 2.46. The summed E-state index contributed by atoms with van der Waals surface area (Å²) in [5.41, 5.74) is -0.0000505. The van der Waals surface area contributed by atoms with E-state index >= 15 is 0 Å². The van der Waals surface area contributed by atoms with Crippen molar-refractivity contribution >= 4 is 5.97 Å². The number of hydrogen-bond donors (Lipinski definition) is 0. The van der Waals surface area contributed by atoms with Crippen LogP contribution in [-0.2, 0) is 14.3 Å². The first-order chi connectivity index (χ1) is 11.3. The normalized spacial score (nSPS) is 17.4. The lowest BCUT2D eigenvalue weighted by Crippen LogP contribution is -2.48. The summed E-state index contributed by atoms with van der Waals surface area (Å²) >= 11 is 0. The Morgan fingerprint density at radius 3 is 2.00 bits per heavy atom. The van der Waals surface area contributed by atoms with E-state index in [4.69, 9.17) is 9.47 Å². The van der Waals surface area contributed by atoms with Crippen molar-refractivity contribution < 1.29 is 14.3 Å². The largest absolute Gasteiger partial charge is 0.464 e. The second kappa shape index (κ2) is 11.1. The number of piperazine rings is 1. The van der Waals surface area contributed by atoms with Crippen molar-refractivity contribution in [2.75, 3.05) is 59.1 Å². The van der Waals surface area contributed by atoms with Crippen molar-refractivity contribution in [2.45, 2.75) is 47.5 Å². The number of rotatable bonds is 10. The third kappa shape index (κ3) is 11.0. The molecule has 1 heterocycles. The second-order valence-electron chi connectivity index (χ2n) is 8.44. The molecule has 0 saturated carbocycles. The molecule has 0 atom stereocenters. The Labute approximate surface area is 148 Å². The van der Waals surface area contributed by atoms with Gasteiger partial charge in [0.25, 0.3) is 0 Å². The van der Waals surface area contributed by atoms with Gasteiger partial charge in [0.1, 0.15) is 6.61 Å². The number of esters is 1. The smallest absolute Gasteiger partial charge is 0.306 e. The van der Waals surface area contributed by atoms with Gasteiger partial charge < -0.3 is 9.47 Å². The highest BCUT2D eigenvalue weighted by atomic mass is 16.5. The van der Waals surface area contributed by atoms with Gasteiger partial charge in [-0.3, -0.25) is 14.6 Å². The molecule has 1 aliphatic rings. The zero-order chi connectivity index (χ0) is 18.0. The summed E-state index contributed by atoms with van der Waals surface area (Å²) in [5.74, 6) is 0.630. The number of carbonyl (C=O) groups excluding carboxylic acids is 1. The van der Waals surface area contributed by atoms with Gasteiger partial charge in [0.05, 0.1) is 13.0 Å². The summed E-state index contributed by atoms with van der Waals surface area (Å²) in [6.45, 7) is 18.9. The van der Waals surface area contributed by atoms with Crippen LogP contribution in [0.3, 0.4) is 0 Å². The van der Waals surface area contributed by atoms with Crippen molar-refractivity contribution in [1.29, 1.82) is 0 Å². The van der Waals surface area contributed by atoms with Crippen molar-refractivity contribution in [2.24, 2.45) is 11.3 Å². The topological polar surface area (TPSA) is 42.0 Å². The molecular formula is C19H38N2O3. The van der Waals surface area contributed by atoms with Gasteiger partial charge in [0.15, 0.2) is 0 Å². The fraction of sp³-hybridized carbons (Fsp3) is 0.947. The van der Waals surface area contributed by atoms with Crippen LogP contribution in [0, 0.1) is 11.3 Å². The molecule has 0 unspecified atom stereocenters. The van der Waals surface area contributed by atoms with Crippen LogP contribution in [0.25, 0.3) is 0 Å². The Kier molecular flexibility index (Phi) is 9.86. The van der Waals surface area contributed by atoms with Gasteiger partial charge >= 0.3 is 5.97 Å². The maximum Gasteiger partial charge on any atom is 0.306 e. The molecule has 1 rings (SSSR count). The fourth-order valence-electron chi connectivity index (χ4n) is 2.62. The third-order valence-electron chi connectivity index (χ3n) is 4.20. The summed E-state index contributed by atoms with van der Waals surface area (Å²) in [5, 5.41) is 0. The van der Waals surface area contributed by atoms with E-state index in [2.05, 4.69) is 44.4 Å². The molecule has 0 aliphatic carbocycles. The molecule has 0 aromatic rings. The molecule has 5 heteroatoms. The Morgan fingerprint density at radius 2 is 1.50 bits per heavy atom. The van der Waals surface area contributed by atoms with Gasteiger partial charge in [-0.2, -0.15) is 0 Å². The van der Waals surface area contributed by atoms with Gasteiger partial charge in [-0.25, -0.2) is 0 Å². The van der Waals surface area contributed by atoms with Crippen molar-refractivity contribution in [3.8, 4) is 0 Å². The molecular weight excluding hydrogens is 304 g/mol. The molecule has 0 amide bonds. The van der Waals surface area contributed by atoms with E-state index in [1.54, 1.807) is 0 Å². The van der Waals surface area contributed by atoms with Crippen molar-refractivity contribution in [3.63, 3.8) is 0 Å². The van der Waals surface area contributed by atoms with Crippen molar-refractivity contribution in [1.82, 2.24) is 9.80 Å². The van der Waals surface area contributed by atoms with Crippen LogP contribution in [0.1, 0.15) is 47.5 Å². The van der Waals surface area contributed by atoms with Gasteiger partial charge in [-0.15, -0.1) is 0 Å². The first-order valence-electron chi connectivity index (χ1n) is 9.44. The van der Waals surface area contributed by atoms with Crippen LogP contribution in [0.5, 0.6) is 0 Å². The zero-order valence-corrected chi connectivity index (χ0v) is 16.5. The molecule has 24 heavy (non-hydrogen) atoms. The minimum absolute atomic E-state index is 0.0000505. The maximum absolute atomic E-state index is 11.7. The van der Waals surface area contributed by atoms with Crippen LogP contribution in [0.15, 0.2) is 0 Å². The van der Waals surface area contributed by atoms with Crippen LogP contribution in [0.4, 0.5) is 0 Å². The van der Waals surface area contributed by atoms with E-state index in [0.29, 0.717) is 18.9 Å². The fourth-order valence-corrected chi connectivity index (χ4v) is 2.62. The van der Waals surface area contributed by atoms with Crippen molar-refractivity contribution in [3.05, 3.63) is 0 Å². The molecule has 142 valence electrons. The first kappa shape index (κ1) is 21.4. The van der Waals surface area contributed by atoms with Gasteiger partial charge in [-0.05, 0) is 17.8 Å². The molecule has 0 spiro atoms. The molecule has 1 saturated heterocycles. The van der Waals surface area contributed by atoms with E-state index in [0.717, 1.165) is 58.9 Å². The minimum Gasteiger partial charge on any atom is -0.464 e. The van der Waals surface area contributed by atoms with E-state index in [-0.39, 0.29) is 11.4 Å². The highest BCUT2D eigenvalue weighted by Crippen LogP contribution is 2.18. The summed E-state index contributed by atoms with van der Waals surface area (Å²) in [6, 6.07) is 0. The average molecular weight is 343 g/mol. The van der Waals surface area contributed by atoms with Crippen LogP contribution >= 0.6 is 0 Å². The highest BCUT2D eigenvalue weighted by molar-refractivity contribution is 5.70. The molecule has 1 aliphatic heterocycles. The summed E-state index contributed by atoms with van der Waals surface area (Å²) in [6.07, 6.45) is 1.62. The number of hydrogen-bond acceptors (Lipinski definition) is 5. The summed E-state index contributed by atoms with van der Waals surface area (Å²) < 4.78 is 11.0. The molecule has 0 radical (unpaired) electrons. The Hall–Kier alpha value is -0.650. The van der Waals surface area contributed by atoms with E-state index in [1.165, 1.54) is 0 Å². The van der Waals surface area contributed by atoms with Crippen LogP contribution < -0.4 is 0 Å². The third-order valence-corrected chi connectivity index (χ3v) is 4.20. The molecule has 1 fully saturated rings. The van der Waals surface area contributed by atoms with Gasteiger partial charge in [0, 0.05) is 45.9 Å². The van der Waals surface area contributed by atoms with E-state index in [9.17, 15) is 4.79 Å². The van der Waals surface area contributed by atoms with Crippen LogP contribution in [0.2, 0.25) is 0 Å². The first-order valence-corrected chi connectivity index (χ1v) is 9.44. The lowest BCUT2D eigenvalue weighted by Gasteiger charge is -2.34. The minimum atomic E-state index is -0.0836. The lowest BCUT2D eigenvalue weighted by atomic mass is 9.93. The molecule has 5 nitrogen and oxygen atoms in total. The predicted molar refractivity (Wildman–Crippen MR) is 98.2 cm³/mol. The molecule has 0 N–H and O–H groups in total. The number of nitrogens with zero attached hydrogens (tertiary/aromatic N) is 2. The zero-order valence-electron chi connectivity index (χ0n) is 16.5. The van der Waals surface area contributed by atoms with E-state index < -0.39 is 0 Å². The quantitative estimate of drug-likeness (QED) is 0.451. The van der Waals surface area contributed by atoms with Gasteiger partial charge in [-0.1, -0.05) is 34.6 Å². The lowest BCUT2D eigenvalue weighted by molar-refractivity contribution is -0.146. The van der Waals surface area contributed by atoms with Gasteiger partial charge in [0.2, 0.25) is 0 Å². The second-order valence-corrected chi connectivity index (χ2v) is 8.44. The summed E-state index contributed by atoms with van der Waals surface area (Å²) in [7, 11) is 0. The summed E-state index contributed by atoms with van der Waals surface area (Å²) in [4.78, 5) is 16.5. The molecule has 0 bridgehead atoms. The Balaban J connectivity index is 2.02. The molecule has 0 aromatic heterocycles. The Morgan fingerprint density at radius 1 is 0.958 bits per heavy atom. The Bertz CT molecular complexity index is 345.